The fourth-order valence-electron chi connectivity index (χ4n) is 4.33. The molecular weight excluding hydrogens is 371 g/mol. The topological polar surface area (TPSA) is 17.8 Å². The number of benzene rings is 5. The van der Waals surface area contributed by atoms with E-state index in [0.29, 0.717) is 0 Å². The summed E-state index contributed by atoms with van der Waals surface area (Å²) in [6.07, 6.45) is 0. The van der Waals surface area contributed by atoms with Gasteiger partial charge in [0.2, 0.25) is 0 Å². The van der Waals surface area contributed by atoms with Crippen LogP contribution in [0.2, 0.25) is 0 Å². The smallest absolute Gasteiger partial charge is 0.145 e. The molecule has 0 saturated heterocycles. The van der Waals surface area contributed by atoms with Crippen LogP contribution in [0.4, 0.5) is 4.39 Å². The lowest BCUT2D eigenvalue weighted by Gasteiger charge is -2.12. The van der Waals surface area contributed by atoms with Crippen molar-refractivity contribution in [3.8, 4) is 17.1 Å². The molecule has 2 nitrogen and oxygen atoms in total. The lowest BCUT2D eigenvalue weighted by atomic mass is 10.00. The highest BCUT2D eigenvalue weighted by Gasteiger charge is 2.19. The number of hydrogen-bond donors (Lipinski definition) is 0. The summed E-state index contributed by atoms with van der Waals surface area (Å²) in [7, 11) is 0. The molecule has 0 unspecified atom stereocenters. The fraction of sp³-hybridized carbons (Fsp3) is 0. The van der Waals surface area contributed by atoms with Crippen LogP contribution in [0, 0.1) is 5.82 Å². The Bertz CT molecular complexity index is 1530. The van der Waals surface area contributed by atoms with Gasteiger partial charge in [-0.2, -0.15) is 0 Å². The second-order valence-electron chi connectivity index (χ2n) is 7.40. The van der Waals surface area contributed by atoms with Crippen LogP contribution in [0.15, 0.2) is 103 Å². The van der Waals surface area contributed by atoms with Gasteiger partial charge in [-0.1, -0.05) is 66.7 Å². The van der Waals surface area contributed by atoms with Crippen molar-refractivity contribution in [2.45, 2.75) is 0 Å². The third-order valence-corrected chi connectivity index (χ3v) is 5.65. The molecule has 1 heterocycles. The molecule has 0 aliphatic heterocycles. The summed E-state index contributed by atoms with van der Waals surface area (Å²) in [5.74, 6) is 0.551. The summed E-state index contributed by atoms with van der Waals surface area (Å²) < 4.78 is 15.8. The van der Waals surface area contributed by atoms with Crippen LogP contribution in [-0.2, 0) is 0 Å². The van der Waals surface area contributed by atoms with Crippen molar-refractivity contribution in [2.24, 2.45) is 0 Å². The van der Waals surface area contributed by atoms with Gasteiger partial charge in [-0.15, -0.1) is 0 Å². The van der Waals surface area contributed by atoms with Crippen molar-refractivity contribution in [1.29, 1.82) is 0 Å². The summed E-state index contributed by atoms with van der Waals surface area (Å²) in [5, 5.41) is 4.65. The van der Waals surface area contributed by atoms with Crippen molar-refractivity contribution < 1.29 is 4.39 Å². The van der Waals surface area contributed by atoms with Crippen molar-refractivity contribution >= 4 is 32.6 Å². The minimum atomic E-state index is -0.253. The first-order valence-corrected chi connectivity index (χ1v) is 9.94. The van der Waals surface area contributed by atoms with Crippen LogP contribution >= 0.6 is 0 Å². The molecule has 1 aromatic heterocycles. The zero-order chi connectivity index (χ0) is 20.1. The van der Waals surface area contributed by atoms with Gasteiger partial charge in [0.05, 0.1) is 11.0 Å². The summed E-state index contributed by atoms with van der Waals surface area (Å²) in [6, 6.07) is 33.6. The first-order valence-electron chi connectivity index (χ1n) is 9.94. The summed E-state index contributed by atoms with van der Waals surface area (Å²) in [4.78, 5) is 5.11. The van der Waals surface area contributed by atoms with Gasteiger partial charge in [-0.25, -0.2) is 9.37 Å². The van der Waals surface area contributed by atoms with Crippen LogP contribution in [0.5, 0.6) is 0 Å². The lowest BCUT2D eigenvalue weighted by molar-refractivity contribution is 0.628. The minimum Gasteiger partial charge on any atom is -0.292 e. The van der Waals surface area contributed by atoms with E-state index in [9.17, 15) is 4.39 Å². The SMILES string of the molecule is Fc1ccc(-c2nc3c4ccccc4c4ccccc4c3n2-c2ccccc2)cc1. The van der Waals surface area contributed by atoms with E-state index >= 15 is 0 Å². The summed E-state index contributed by atoms with van der Waals surface area (Å²) in [6.45, 7) is 0. The predicted molar refractivity (Wildman–Crippen MR) is 121 cm³/mol. The lowest BCUT2D eigenvalue weighted by Crippen LogP contribution is -1.98. The third kappa shape index (κ3) is 2.45. The molecule has 6 rings (SSSR count). The molecule has 30 heavy (non-hydrogen) atoms. The van der Waals surface area contributed by atoms with Crippen LogP contribution in [0.1, 0.15) is 0 Å². The number of nitrogens with zero attached hydrogens (tertiary/aromatic N) is 2. The zero-order valence-electron chi connectivity index (χ0n) is 16.1. The summed E-state index contributed by atoms with van der Waals surface area (Å²) >= 11 is 0. The van der Waals surface area contributed by atoms with E-state index in [1.807, 2.05) is 18.2 Å². The molecule has 0 radical (unpaired) electrons. The Kier molecular flexibility index (Phi) is 3.68. The maximum Gasteiger partial charge on any atom is 0.145 e. The Morgan fingerprint density at radius 1 is 0.567 bits per heavy atom. The first-order chi connectivity index (χ1) is 14.8. The predicted octanol–water partition coefficient (Wildman–Crippen LogP) is 7.14. The molecule has 0 amide bonds. The standard InChI is InChI=1S/C27H17FN2/c28-19-16-14-18(15-17-19)27-29-25-23-12-6-4-10-21(23)22-11-5-7-13-24(22)26(25)30(27)20-8-2-1-3-9-20/h1-17H. The monoisotopic (exact) mass is 388 g/mol. The van der Waals surface area contributed by atoms with Crippen molar-refractivity contribution in [1.82, 2.24) is 9.55 Å². The van der Waals surface area contributed by atoms with Gasteiger partial charge in [0.25, 0.3) is 0 Å². The first kappa shape index (κ1) is 16.9. The summed E-state index contributed by atoms with van der Waals surface area (Å²) in [5.41, 5.74) is 3.92. The molecule has 0 spiro atoms. The van der Waals surface area contributed by atoms with Crippen LogP contribution < -0.4 is 0 Å². The molecule has 0 atom stereocenters. The van der Waals surface area contributed by atoms with E-state index in [1.54, 1.807) is 12.1 Å². The third-order valence-electron chi connectivity index (χ3n) is 5.65. The number of halogens is 1. The van der Waals surface area contributed by atoms with E-state index in [2.05, 4.69) is 65.2 Å². The highest BCUT2D eigenvalue weighted by Crippen LogP contribution is 2.38. The Hall–Kier alpha value is -3.98. The molecule has 5 aromatic carbocycles. The normalized spacial score (nSPS) is 11.5. The number of fused-ring (bicyclic) bond motifs is 6. The maximum atomic E-state index is 13.6. The number of imidazole rings is 1. The van der Waals surface area contributed by atoms with Gasteiger partial charge in [-0.3, -0.25) is 4.57 Å². The molecule has 3 heteroatoms. The van der Waals surface area contributed by atoms with Gasteiger partial charge >= 0.3 is 0 Å². The zero-order valence-corrected chi connectivity index (χ0v) is 16.1. The number of aromatic nitrogens is 2. The largest absolute Gasteiger partial charge is 0.292 e. The van der Waals surface area contributed by atoms with E-state index < -0.39 is 0 Å². The molecule has 0 aliphatic carbocycles. The van der Waals surface area contributed by atoms with Gasteiger partial charge in [0.1, 0.15) is 11.6 Å². The Labute approximate surface area is 172 Å². The second-order valence-corrected chi connectivity index (χ2v) is 7.40. The number of para-hydroxylation sites is 1. The molecule has 0 aliphatic rings. The molecule has 0 bridgehead atoms. The maximum absolute atomic E-state index is 13.6. The van der Waals surface area contributed by atoms with Crippen molar-refractivity contribution in [3.05, 3.63) is 109 Å². The second kappa shape index (κ2) is 6.53. The fourth-order valence-corrected chi connectivity index (χ4v) is 4.33. The highest BCUT2D eigenvalue weighted by atomic mass is 19.1. The average molecular weight is 388 g/mol. The average Bonchev–Trinajstić information content (AvgIpc) is 3.21. The van der Waals surface area contributed by atoms with E-state index in [0.717, 1.165) is 38.9 Å². The Morgan fingerprint density at radius 3 is 1.83 bits per heavy atom. The Balaban J connectivity index is 1.87. The van der Waals surface area contributed by atoms with Crippen molar-refractivity contribution in [2.75, 3.05) is 0 Å². The number of hydrogen-bond acceptors (Lipinski definition) is 1. The van der Waals surface area contributed by atoms with Crippen LogP contribution in [0.3, 0.4) is 0 Å². The molecule has 6 aromatic rings. The molecule has 142 valence electrons. The molecule has 0 saturated carbocycles. The highest BCUT2D eigenvalue weighted by molar-refractivity contribution is 6.24. The number of rotatable bonds is 2. The van der Waals surface area contributed by atoms with E-state index in [1.165, 1.54) is 22.9 Å². The van der Waals surface area contributed by atoms with E-state index in [-0.39, 0.29) is 5.82 Å². The van der Waals surface area contributed by atoms with Gasteiger partial charge in [0, 0.05) is 22.0 Å². The van der Waals surface area contributed by atoms with Crippen LogP contribution in [0.25, 0.3) is 49.7 Å². The minimum absolute atomic E-state index is 0.253. The Morgan fingerprint density at radius 2 is 1.13 bits per heavy atom. The molecule has 0 N–H and O–H groups in total. The molecular formula is C27H17FN2. The molecule has 0 fully saturated rings. The van der Waals surface area contributed by atoms with Gasteiger partial charge in [-0.05, 0) is 47.2 Å². The van der Waals surface area contributed by atoms with Crippen molar-refractivity contribution in [3.63, 3.8) is 0 Å². The quantitative estimate of drug-likeness (QED) is 0.288. The van der Waals surface area contributed by atoms with Gasteiger partial charge in [0.15, 0.2) is 0 Å². The van der Waals surface area contributed by atoms with Gasteiger partial charge < -0.3 is 0 Å². The van der Waals surface area contributed by atoms with Crippen LogP contribution in [-0.4, -0.2) is 9.55 Å². The van der Waals surface area contributed by atoms with E-state index in [4.69, 9.17) is 4.98 Å².